The molecule has 0 saturated carbocycles. The summed E-state index contributed by atoms with van der Waals surface area (Å²) in [6.45, 7) is 3.32. The molecule has 1 aromatic carbocycles. The summed E-state index contributed by atoms with van der Waals surface area (Å²) in [4.78, 5) is 25.1. The number of hydrogen-bond acceptors (Lipinski definition) is 7. The highest BCUT2D eigenvalue weighted by atomic mass is 32.2. The topological polar surface area (TPSA) is 111 Å². The van der Waals surface area contributed by atoms with Crippen LogP contribution in [0.15, 0.2) is 17.1 Å². The van der Waals surface area contributed by atoms with Crippen LogP contribution in [-0.4, -0.2) is 34.2 Å². The van der Waals surface area contributed by atoms with Gasteiger partial charge in [0.25, 0.3) is 11.4 Å². The third kappa shape index (κ3) is 3.91. The number of rotatable bonds is 5. The fourth-order valence-corrected chi connectivity index (χ4v) is 2.52. The number of nitro groups is 2. The molecule has 0 saturated heterocycles. The summed E-state index contributed by atoms with van der Waals surface area (Å²) in [5, 5.41) is 25.8. The number of aryl methyl sites for hydroxylation is 1. The molecule has 1 N–H and O–H groups in total. The van der Waals surface area contributed by atoms with E-state index in [1.165, 1.54) is 23.9 Å². The molecule has 0 aromatic heterocycles. The average molecular weight is 312 g/mol. The van der Waals surface area contributed by atoms with Gasteiger partial charge in [-0.1, -0.05) is 0 Å². The Labute approximate surface area is 125 Å². The van der Waals surface area contributed by atoms with Crippen molar-refractivity contribution in [3.05, 3.63) is 37.9 Å². The average Bonchev–Trinajstić information content (AvgIpc) is 2.41. The van der Waals surface area contributed by atoms with Crippen LogP contribution in [-0.2, 0) is 0 Å². The summed E-state index contributed by atoms with van der Waals surface area (Å²) in [5.74, 6) is 0. The van der Waals surface area contributed by atoms with Crippen molar-refractivity contribution in [2.75, 3.05) is 18.6 Å². The highest BCUT2D eigenvalue weighted by molar-refractivity contribution is 8.13. The maximum Gasteiger partial charge on any atom is 0.299 e. The highest BCUT2D eigenvalue weighted by Crippen LogP contribution is 2.36. The van der Waals surface area contributed by atoms with Gasteiger partial charge in [-0.05, 0) is 25.7 Å². The number of hydrogen-bond donors (Lipinski definition) is 1. The van der Waals surface area contributed by atoms with Crippen LogP contribution in [0.2, 0.25) is 0 Å². The smallest absolute Gasteiger partial charge is 0.299 e. The van der Waals surface area contributed by atoms with E-state index in [-0.39, 0.29) is 23.1 Å². The Morgan fingerprint density at radius 2 is 1.76 bits per heavy atom. The fraction of sp³-hybridized carbons (Fsp3) is 0.417. The second-order valence-electron chi connectivity index (χ2n) is 4.32. The van der Waals surface area contributed by atoms with E-state index in [4.69, 9.17) is 0 Å². The molecule has 21 heavy (non-hydrogen) atoms. The lowest BCUT2D eigenvalue weighted by molar-refractivity contribution is -0.392. The van der Waals surface area contributed by atoms with Crippen molar-refractivity contribution >= 4 is 33.9 Å². The van der Waals surface area contributed by atoms with Crippen LogP contribution in [0.4, 0.5) is 17.1 Å². The minimum Gasteiger partial charge on any atom is -0.365 e. The standard InChI is InChI=1S/C12H16N4O4S/c1-7-5-9(15(17)18)11(10(6-7)16(19)20)14-8(2)12(13-3)21-4/h5-6,8,14H,1-4H3. The molecule has 0 spiro atoms. The summed E-state index contributed by atoms with van der Waals surface area (Å²) in [6, 6.07) is 2.25. The molecule has 9 heteroatoms. The first-order valence-corrected chi connectivity index (χ1v) is 7.24. The number of nitro benzene ring substituents is 2. The molecule has 1 atom stereocenters. The van der Waals surface area contributed by atoms with Crippen LogP contribution in [0.1, 0.15) is 12.5 Å². The summed E-state index contributed by atoms with van der Waals surface area (Å²) in [5.41, 5.74) is -0.269. The Bertz CT molecular complexity index is 568. The van der Waals surface area contributed by atoms with E-state index in [2.05, 4.69) is 10.3 Å². The van der Waals surface area contributed by atoms with E-state index < -0.39 is 9.85 Å². The van der Waals surface area contributed by atoms with Crippen LogP contribution in [0.5, 0.6) is 0 Å². The Morgan fingerprint density at radius 1 is 1.29 bits per heavy atom. The maximum atomic E-state index is 11.1. The Morgan fingerprint density at radius 3 is 2.10 bits per heavy atom. The van der Waals surface area contributed by atoms with Gasteiger partial charge in [-0.2, -0.15) is 0 Å². The van der Waals surface area contributed by atoms with Crippen LogP contribution in [0.25, 0.3) is 0 Å². The van der Waals surface area contributed by atoms with Crippen molar-refractivity contribution in [2.24, 2.45) is 4.99 Å². The van der Waals surface area contributed by atoms with Gasteiger partial charge in [0, 0.05) is 19.2 Å². The normalized spacial score (nSPS) is 12.9. The van der Waals surface area contributed by atoms with Gasteiger partial charge < -0.3 is 5.32 Å². The summed E-state index contributed by atoms with van der Waals surface area (Å²) in [7, 11) is 1.60. The molecular weight excluding hydrogens is 296 g/mol. The van der Waals surface area contributed by atoms with Crippen molar-refractivity contribution < 1.29 is 9.85 Å². The minimum absolute atomic E-state index is 0.0988. The molecule has 0 bridgehead atoms. The monoisotopic (exact) mass is 312 g/mol. The second-order valence-corrected chi connectivity index (χ2v) is 5.15. The van der Waals surface area contributed by atoms with E-state index in [1.54, 1.807) is 20.9 Å². The van der Waals surface area contributed by atoms with Crippen molar-refractivity contribution in [2.45, 2.75) is 19.9 Å². The van der Waals surface area contributed by atoms with Crippen molar-refractivity contribution in [3.63, 3.8) is 0 Å². The Hall–Kier alpha value is -2.16. The lowest BCUT2D eigenvalue weighted by Gasteiger charge is -2.16. The van der Waals surface area contributed by atoms with Crippen LogP contribution < -0.4 is 5.32 Å². The molecule has 0 aliphatic heterocycles. The molecule has 0 aliphatic carbocycles. The summed E-state index contributed by atoms with van der Waals surface area (Å²) in [6.07, 6.45) is 1.82. The van der Waals surface area contributed by atoms with E-state index >= 15 is 0 Å². The quantitative estimate of drug-likeness (QED) is 0.387. The van der Waals surface area contributed by atoms with E-state index in [0.29, 0.717) is 10.6 Å². The lowest BCUT2D eigenvalue weighted by Crippen LogP contribution is -2.24. The molecular formula is C12H16N4O4S. The van der Waals surface area contributed by atoms with Gasteiger partial charge in [0.1, 0.15) is 0 Å². The highest BCUT2D eigenvalue weighted by Gasteiger charge is 2.27. The zero-order chi connectivity index (χ0) is 16.2. The molecule has 0 amide bonds. The molecule has 1 rings (SSSR count). The first kappa shape index (κ1) is 16.9. The first-order chi connectivity index (χ1) is 9.81. The molecule has 1 aromatic rings. The van der Waals surface area contributed by atoms with Crippen LogP contribution in [0, 0.1) is 27.2 Å². The Kier molecular flexibility index (Phi) is 5.65. The lowest BCUT2D eigenvalue weighted by atomic mass is 10.1. The molecule has 0 aliphatic rings. The van der Waals surface area contributed by atoms with Crippen LogP contribution in [0.3, 0.4) is 0 Å². The van der Waals surface area contributed by atoms with E-state index in [9.17, 15) is 20.2 Å². The zero-order valence-corrected chi connectivity index (χ0v) is 12.9. The number of anilines is 1. The number of thioether (sulfide) groups is 1. The van der Waals surface area contributed by atoms with Gasteiger partial charge in [0.05, 0.1) is 20.9 Å². The summed E-state index contributed by atoms with van der Waals surface area (Å²) >= 11 is 1.38. The van der Waals surface area contributed by atoms with Gasteiger partial charge in [0.2, 0.25) is 0 Å². The van der Waals surface area contributed by atoms with Crippen LogP contribution >= 0.6 is 11.8 Å². The molecule has 0 heterocycles. The third-order valence-electron chi connectivity index (χ3n) is 2.80. The Balaban J connectivity index is 3.38. The van der Waals surface area contributed by atoms with Gasteiger partial charge in [-0.25, -0.2) is 0 Å². The van der Waals surface area contributed by atoms with Crippen molar-refractivity contribution in [1.82, 2.24) is 0 Å². The molecule has 0 fully saturated rings. The number of nitrogens with one attached hydrogen (secondary N) is 1. The molecule has 114 valence electrons. The molecule has 1 unspecified atom stereocenters. The largest absolute Gasteiger partial charge is 0.365 e. The van der Waals surface area contributed by atoms with E-state index in [0.717, 1.165) is 0 Å². The fourth-order valence-electron chi connectivity index (χ4n) is 1.92. The maximum absolute atomic E-state index is 11.1. The number of nitrogens with zero attached hydrogens (tertiary/aromatic N) is 3. The van der Waals surface area contributed by atoms with Gasteiger partial charge in [-0.3, -0.25) is 25.2 Å². The van der Waals surface area contributed by atoms with Gasteiger partial charge >= 0.3 is 0 Å². The second kappa shape index (κ2) is 7.02. The van der Waals surface area contributed by atoms with Gasteiger partial charge in [-0.15, -0.1) is 11.8 Å². The third-order valence-corrected chi connectivity index (χ3v) is 3.75. The number of benzene rings is 1. The number of aliphatic imine (C=N–C) groups is 1. The SMILES string of the molecule is CN=C(SC)C(C)Nc1c([N+](=O)[O-])cc(C)cc1[N+](=O)[O-]. The zero-order valence-electron chi connectivity index (χ0n) is 12.1. The summed E-state index contributed by atoms with van der Waals surface area (Å²) < 4.78 is 0. The predicted molar refractivity (Wildman–Crippen MR) is 84.4 cm³/mol. The molecule has 0 radical (unpaired) electrons. The van der Waals surface area contributed by atoms with Gasteiger partial charge in [0.15, 0.2) is 5.69 Å². The van der Waals surface area contributed by atoms with Crippen molar-refractivity contribution in [1.29, 1.82) is 0 Å². The minimum atomic E-state index is -0.628. The predicted octanol–water partition coefficient (Wildman–Crippen LogP) is 3.00. The molecule has 8 nitrogen and oxygen atoms in total. The first-order valence-electron chi connectivity index (χ1n) is 6.02. The van der Waals surface area contributed by atoms with Crippen molar-refractivity contribution in [3.8, 4) is 0 Å². The van der Waals surface area contributed by atoms with E-state index in [1.807, 2.05) is 6.26 Å².